The fourth-order valence-electron chi connectivity index (χ4n) is 3.19. The second-order valence-corrected chi connectivity index (χ2v) is 8.42. The van der Waals surface area contributed by atoms with Crippen LogP contribution in [0.4, 0.5) is 0 Å². The fraction of sp³-hybridized carbons (Fsp3) is 0.500. The molecule has 5 heterocycles. The van der Waals surface area contributed by atoms with Gasteiger partial charge in [0.05, 0.1) is 9.09 Å². The van der Waals surface area contributed by atoms with Gasteiger partial charge in [-0.2, -0.15) is 0 Å². The topological polar surface area (TPSA) is 71.3 Å². The highest BCUT2D eigenvalue weighted by atomic mass is 35.5. The summed E-state index contributed by atoms with van der Waals surface area (Å²) < 4.78 is 6.04. The summed E-state index contributed by atoms with van der Waals surface area (Å²) in [6, 6.07) is 4.00. The molecular weight excluding hydrogens is 356 g/mol. The second-order valence-electron chi connectivity index (χ2n) is 5.76. The Labute approximate surface area is 146 Å². The largest absolute Gasteiger partial charge is 0.402 e. The summed E-state index contributed by atoms with van der Waals surface area (Å²) >= 11 is 8.33. The second kappa shape index (κ2) is 6.43. The minimum atomic E-state index is 0.00385. The number of thiophene rings is 1. The van der Waals surface area contributed by atoms with Crippen LogP contribution in [0.3, 0.4) is 0 Å². The van der Waals surface area contributed by atoms with Gasteiger partial charge in [0.15, 0.2) is 0 Å². The molecule has 3 aliphatic heterocycles. The van der Waals surface area contributed by atoms with Crippen LogP contribution < -0.4 is 5.32 Å². The van der Waals surface area contributed by atoms with Gasteiger partial charge in [0.2, 0.25) is 0 Å². The van der Waals surface area contributed by atoms with Crippen molar-refractivity contribution in [3.8, 4) is 0 Å². The first-order chi connectivity index (χ1) is 11.2. The quantitative estimate of drug-likeness (QED) is 0.892. The highest BCUT2D eigenvalue weighted by Gasteiger charge is 2.35. The lowest BCUT2D eigenvalue weighted by atomic mass is 9.84. The summed E-state index contributed by atoms with van der Waals surface area (Å²) in [5, 5.41) is 11.0. The molecule has 1 amide bonds. The summed E-state index contributed by atoms with van der Waals surface area (Å²) in [7, 11) is 0. The Bertz CT molecular complexity index is 711. The lowest BCUT2D eigenvalue weighted by molar-refractivity contribution is 0.0622. The van der Waals surface area contributed by atoms with Gasteiger partial charge in [-0.05, 0) is 67.3 Å². The standard InChI is InChI=1S/C14H15ClN4O2S2/c15-13-17-18-14(21-13)23-11-2-1-10(22-11)12(20)16-9-7-19-5-3-8(9)4-6-19/h1-2,8-9H,3-7H2,(H,16,20). The molecule has 3 saturated heterocycles. The van der Waals surface area contributed by atoms with E-state index in [2.05, 4.69) is 20.4 Å². The van der Waals surface area contributed by atoms with Crippen LogP contribution in [0, 0.1) is 5.92 Å². The molecule has 122 valence electrons. The van der Waals surface area contributed by atoms with E-state index in [9.17, 15) is 4.79 Å². The zero-order chi connectivity index (χ0) is 15.8. The van der Waals surface area contributed by atoms with Crippen molar-refractivity contribution in [1.29, 1.82) is 0 Å². The summed E-state index contributed by atoms with van der Waals surface area (Å²) in [5.74, 6) is 0.627. The van der Waals surface area contributed by atoms with E-state index in [-0.39, 0.29) is 17.3 Å². The van der Waals surface area contributed by atoms with Gasteiger partial charge in [-0.3, -0.25) is 4.79 Å². The number of carbonyl (C=O) groups is 1. The van der Waals surface area contributed by atoms with Crippen LogP contribution in [0.2, 0.25) is 5.35 Å². The zero-order valence-electron chi connectivity index (χ0n) is 12.2. The van der Waals surface area contributed by atoms with Crippen molar-refractivity contribution in [2.45, 2.75) is 28.3 Å². The molecule has 9 heteroatoms. The van der Waals surface area contributed by atoms with E-state index in [0.717, 1.165) is 10.8 Å². The number of nitrogens with zero attached hydrogens (tertiary/aromatic N) is 3. The number of amides is 1. The Hall–Kier alpha value is -1.09. The van der Waals surface area contributed by atoms with E-state index in [1.54, 1.807) is 0 Å². The third-order valence-electron chi connectivity index (χ3n) is 4.35. The van der Waals surface area contributed by atoms with Gasteiger partial charge < -0.3 is 14.6 Å². The maximum Gasteiger partial charge on any atom is 0.313 e. The number of halogens is 1. The first-order valence-corrected chi connectivity index (χ1v) is 9.48. The van der Waals surface area contributed by atoms with Crippen LogP contribution in [-0.4, -0.2) is 46.7 Å². The molecule has 1 unspecified atom stereocenters. The Morgan fingerprint density at radius 2 is 2.22 bits per heavy atom. The van der Waals surface area contributed by atoms with E-state index in [1.165, 1.54) is 49.0 Å². The SMILES string of the molecule is O=C(NC1CN2CCC1CC2)c1ccc(Sc2nnc(Cl)o2)s1. The molecule has 2 aromatic heterocycles. The molecule has 1 N–H and O–H groups in total. The Balaban J connectivity index is 1.39. The minimum absolute atomic E-state index is 0.00385. The highest BCUT2D eigenvalue weighted by molar-refractivity contribution is 8.01. The third kappa shape index (κ3) is 3.40. The van der Waals surface area contributed by atoms with Crippen LogP contribution in [-0.2, 0) is 0 Å². The first kappa shape index (κ1) is 15.4. The van der Waals surface area contributed by atoms with E-state index < -0.39 is 0 Å². The average Bonchev–Trinajstić information content (AvgIpc) is 3.18. The molecule has 0 spiro atoms. The summed E-state index contributed by atoms with van der Waals surface area (Å²) in [5.41, 5.74) is 0. The van der Waals surface area contributed by atoms with Crippen LogP contribution in [0.5, 0.6) is 0 Å². The van der Waals surface area contributed by atoms with Crippen molar-refractivity contribution in [1.82, 2.24) is 20.4 Å². The number of rotatable bonds is 4. The van der Waals surface area contributed by atoms with E-state index in [1.807, 2.05) is 12.1 Å². The van der Waals surface area contributed by atoms with Gasteiger partial charge >= 0.3 is 5.35 Å². The molecule has 0 radical (unpaired) electrons. The molecule has 3 aliphatic rings. The number of piperidine rings is 3. The molecular formula is C14H15ClN4O2S2. The van der Waals surface area contributed by atoms with Crippen molar-refractivity contribution in [2.75, 3.05) is 19.6 Å². The zero-order valence-corrected chi connectivity index (χ0v) is 14.6. The van der Waals surface area contributed by atoms with Crippen molar-refractivity contribution in [3.63, 3.8) is 0 Å². The van der Waals surface area contributed by atoms with Crippen molar-refractivity contribution >= 4 is 40.6 Å². The molecule has 23 heavy (non-hydrogen) atoms. The molecule has 2 bridgehead atoms. The van der Waals surface area contributed by atoms with Crippen LogP contribution >= 0.6 is 34.7 Å². The van der Waals surface area contributed by atoms with Crippen molar-refractivity contribution < 1.29 is 9.21 Å². The Kier molecular flexibility index (Phi) is 4.31. The number of aromatic nitrogens is 2. The molecule has 0 saturated carbocycles. The average molecular weight is 371 g/mol. The number of hydrogen-bond acceptors (Lipinski definition) is 7. The lowest BCUT2D eigenvalue weighted by Crippen LogP contribution is -2.57. The van der Waals surface area contributed by atoms with Crippen LogP contribution in [0.1, 0.15) is 22.5 Å². The first-order valence-electron chi connectivity index (χ1n) is 7.47. The molecule has 3 fully saturated rings. The molecule has 2 aromatic rings. The van der Waals surface area contributed by atoms with Crippen LogP contribution in [0.15, 0.2) is 26.0 Å². The Morgan fingerprint density at radius 3 is 2.87 bits per heavy atom. The van der Waals surface area contributed by atoms with E-state index in [0.29, 0.717) is 16.0 Å². The van der Waals surface area contributed by atoms with Gasteiger partial charge in [0.25, 0.3) is 11.1 Å². The summed E-state index contributed by atoms with van der Waals surface area (Å²) in [6.07, 6.45) is 2.38. The number of carbonyl (C=O) groups excluding carboxylic acids is 1. The lowest BCUT2D eigenvalue weighted by Gasteiger charge is -2.44. The summed E-state index contributed by atoms with van der Waals surface area (Å²) in [4.78, 5) is 15.6. The monoisotopic (exact) mass is 370 g/mol. The Morgan fingerprint density at radius 1 is 1.39 bits per heavy atom. The third-order valence-corrected chi connectivity index (χ3v) is 6.56. The highest BCUT2D eigenvalue weighted by Crippen LogP contribution is 2.33. The van der Waals surface area contributed by atoms with Gasteiger partial charge in [0.1, 0.15) is 0 Å². The van der Waals surface area contributed by atoms with Gasteiger partial charge in [-0.15, -0.1) is 11.3 Å². The van der Waals surface area contributed by atoms with Gasteiger partial charge in [-0.25, -0.2) is 0 Å². The molecule has 5 rings (SSSR count). The number of hydrogen-bond donors (Lipinski definition) is 1. The molecule has 0 aromatic carbocycles. The minimum Gasteiger partial charge on any atom is -0.402 e. The smallest absolute Gasteiger partial charge is 0.313 e. The number of nitrogens with one attached hydrogen (secondary N) is 1. The van der Waals surface area contributed by atoms with Crippen molar-refractivity contribution in [3.05, 3.63) is 22.4 Å². The molecule has 0 aliphatic carbocycles. The fourth-order valence-corrected chi connectivity index (χ4v) is 5.14. The predicted molar refractivity (Wildman–Crippen MR) is 88.2 cm³/mol. The maximum atomic E-state index is 12.5. The summed E-state index contributed by atoms with van der Waals surface area (Å²) in [6.45, 7) is 3.32. The van der Waals surface area contributed by atoms with Gasteiger partial charge in [-0.1, -0.05) is 10.2 Å². The van der Waals surface area contributed by atoms with Crippen LogP contribution in [0.25, 0.3) is 0 Å². The maximum absolute atomic E-state index is 12.5. The van der Waals surface area contributed by atoms with Gasteiger partial charge in [0, 0.05) is 12.6 Å². The number of fused-ring (bicyclic) bond motifs is 3. The normalized spacial score (nSPS) is 26.4. The van der Waals surface area contributed by atoms with Crippen molar-refractivity contribution in [2.24, 2.45) is 5.92 Å². The predicted octanol–water partition coefficient (Wildman–Crippen LogP) is 2.76. The van der Waals surface area contributed by atoms with E-state index >= 15 is 0 Å². The van der Waals surface area contributed by atoms with E-state index in [4.69, 9.17) is 16.0 Å². The molecule has 1 atom stereocenters. The molecule has 6 nitrogen and oxygen atoms in total.